The van der Waals surface area contributed by atoms with Crippen molar-refractivity contribution < 1.29 is 21.9 Å². The first kappa shape index (κ1) is 25.4. The first-order valence-corrected chi connectivity index (χ1v) is 14.2. The fraction of sp³-hybridized carbons (Fsp3) is 0.200. The number of ether oxygens (including phenoxy) is 1. The summed E-state index contributed by atoms with van der Waals surface area (Å²) >= 11 is 0. The summed E-state index contributed by atoms with van der Waals surface area (Å²) in [5, 5.41) is 0. The number of amidine groups is 1. The maximum absolute atomic E-state index is 12.6. The molecule has 3 aromatic rings. The van der Waals surface area contributed by atoms with Crippen LogP contribution in [0, 0.1) is 18.8 Å². The summed E-state index contributed by atoms with van der Waals surface area (Å²) in [5.74, 6) is 9.33. The van der Waals surface area contributed by atoms with E-state index >= 15 is 0 Å². The van der Waals surface area contributed by atoms with Crippen LogP contribution < -0.4 is 10.6 Å². The number of para-hydroxylation sites is 1. The van der Waals surface area contributed by atoms with E-state index in [1.54, 1.807) is 36.7 Å². The normalized spacial score (nSPS) is 23.8. The van der Waals surface area contributed by atoms with Gasteiger partial charge in [-0.1, -0.05) is 35.9 Å². The average Bonchev–Trinajstić information content (AvgIpc) is 3.22. The smallest absolute Gasteiger partial charge is 0.296 e. The van der Waals surface area contributed by atoms with Crippen molar-refractivity contribution in [3.63, 3.8) is 0 Å². The maximum atomic E-state index is 12.6. The van der Waals surface area contributed by atoms with Crippen LogP contribution in [0.15, 0.2) is 118 Å². The van der Waals surface area contributed by atoms with Crippen molar-refractivity contribution in [2.75, 3.05) is 6.61 Å². The molecule has 39 heavy (non-hydrogen) atoms. The van der Waals surface area contributed by atoms with E-state index in [0.29, 0.717) is 5.84 Å². The van der Waals surface area contributed by atoms with Gasteiger partial charge in [0.2, 0.25) is 5.70 Å². The van der Waals surface area contributed by atoms with Crippen LogP contribution in [-0.2, 0) is 14.3 Å². The quantitative estimate of drug-likeness (QED) is 0.232. The molecule has 0 radical (unpaired) electrons. The molecule has 8 nitrogen and oxygen atoms in total. The Labute approximate surface area is 228 Å². The Morgan fingerprint density at radius 2 is 1.64 bits per heavy atom. The minimum atomic E-state index is -3.79. The molecule has 9 heteroatoms. The highest BCUT2D eigenvalue weighted by molar-refractivity contribution is 7.86. The molecule has 0 aromatic heterocycles. The molecule has 0 bridgehead atoms. The van der Waals surface area contributed by atoms with Gasteiger partial charge in [0.25, 0.3) is 16.0 Å². The van der Waals surface area contributed by atoms with E-state index in [2.05, 4.69) is 4.99 Å². The lowest BCUT2D eigenvalue weighted by Gasteiger charge is -2.34. The number of quaternary nitrogens is 1. The third kappa shape index (κ3) is 4.97. The predicted octanol–water partition coefficient (Wildman–Crippen LogP) is 5.44. The van der Waals surface area contributed by atoms with Crippen molar-refractivity contribution in [2.45, 2.75) is 24.7 Å². The molecule has 2 aliphatic heterocycles. The van der Waals surface area contributed by atoms with E-state index in [9.17, 15) is 8.42 Å². The Morgan fingerprint density at radius 3 is 2.36 bits per heavy atom. The number of nitrogens with zero attached hydrogens (tertiary/aromatic N) is 3. The van der Waals surface area contributed by atoms with Crippen LogP contribution in [0.3, 0.4) is 0 Å². The first-order chi connectivity index (χ1) is 18.8. The van der Waals surface area contributed by atoms with Crippen molar-refractivity contribution in [3.8, 4) is 11.5 Å². The van der Waals surface area contributed by atoms with Crippen LogP contribution >= 0.6 is 0 Å². The molecule has 1 atom stereocenters. The second-order valence-corrected chi connectivity index (χ2v) is 11.7. The molecule has 0 saturated heterocycles. The lowest BCUT2D eigenvalue weighted by atomic mass is 9.73. The lowest BCUT2D eigenvalue weighted by Crippen LogP contribution is -2.53. The van der Waals surface area contributed by atoms with Crippen molar-refractivity contribution in [2.24, 2.45) is 27.7 Å². The topological polar surface area (TPSA) is 103 Å². The third-order valence-electron chi connectivity index (χ3n) is 7.30. The molecule has 3 aliphatic rings. The molecule has 198 valence electrons. The largest absolute Gasteiger partial charge is 0.457 e. The van der Waals surface area contributed by atoms with E-state index in [-0.39, 0.29) is 27.9 Å². The van der Waals surface area contributed by atoms with Gasteiger partial charge in [-0.3, -0.25) is 9.18 Å². The van der Waals surface area contributed by atoms with Gasteiger partial charge in [-0.25, -0.2) is 0 Å². The van der Waals surface area contributed by atoms with Crippen molar-refractivity contribution in [1.82, 2.24) is 0 Å². The molecule has 1 saturated carbocycles. The van der Waals surface area contributed by atoms with Crippen molar-refractivity contribution in [3.05, 3.63) is 114 Å². The molecule has 6 rings (SSSR count). The average molecular weight is 542 g/mol. The molecule has 2 N–H and O–H groups in total. The number of hydrogen-bond donors (Lipinski definition) is 1. The Bertz CT molecular complexity index is 1610. The Balaban J connectivity index is 1.15. The van der Waals surface area contributed by atoms with E-state index < -0.39 is 10.1 Å². The fourth-order valence-electron chi connectivity index (χ4n) is 5.06. The highest BCUT2D eigenvalue weighted by Gasteiger charge is 2.48. The fourth-order valence-corrected chi connectivity index (χ4v) is 6.03. The van der Waals surface area contributed by atoms with E-state index in [1.807, 2.05) is 67.7 Å². The third-order valence-corrected chi connectivity index (χ3v) is 8.60. The van der Waals surface area contributed by atoms with Gasteiger partial charge in [0.1, 0.15) is 23.4 Å². The van der Waals surface area contributed by atoms with E-state index in [4.69, 9.17) is 19.8 Å². The van der Waals surface area contributed by atoms with E-state index in [1.165, 1.54) is 0 Å². The predicted molar refractivity (Wildman–Crippen MR) is 149 cm³/mol. The van der Waals surface area contributed by atoms with Gasteiger partial charge in [0, 0.05) is 5.92 Å². The number of rotatable bonds is 8. The standard InChI is InChI=1S/C30H29N4O4S/c1-21-7-13-27(14-8-21)39(35,36)37-20-22-17-24(18-22)29-28-19-32-15-16-34(28,31)30(33-29)23-9-11-26(12-10-23)38-25-5-3-2-4-6-25/h2-16,19,22,24H,17-18,20,31H2,1H3/q+1. The van der Waals surface area contributed by atoms with Gasteiger partial charge in [-0.15, -0.1) is 4.59 Å². The van der Waals surface area contributed by atoms with Crippen molar-refractivity contribution >= 4 is 22.2 Å². The first-order valence-electron chi connectivity index (χ1n) is 12.8. The zero-order valence-corrected chi connectivity index (χ0v) is 22.3. The second kappa shape index (κ2) is 10.0. The minimum absolute atomic E-state index is 0.0583. The summed E-state index contributed by atoms with van der Waals surface area (Å²) in [7, 11) is -3.79. The van der Waals surface area contributed by atoms with Gasteiger partial charge in [0.15, 0.2) is 0 Å². The maximum Gasteiger partial charge on any atom is 0.296 e. The van der Waals surface area contributed by atoms with Crippen LogP contribution in [0.4, 0.5) is 0 Å². The summed E-state index contributed by atoms with van der Waals surface area (Å²) in [6.07, 6.45) is 6.80. The molecule has 3 aromatic carbocycles. The zero-order chi connectivity index (χ0) is 27.0. The van der Waals surface area contributed by atoms with Gasteiger partial charge < -0.3 is 4.74 Å². The molecule has 0 amide bonds. The molecule has 1 unspecified atom stereocenters. The molecule has 1 aliphatic carbocycles. The van der Waals surface area contributed by atoms with Crippen LogP contribution in [0.1, 0.15) is 24.0 Å². The molecule has 2 heterocycles. The summed E-state index contributed by atoms with van der Waals surface area (Å²) in [5.41, 5.74) is 3.60. The number of fused-ring (bicyclic) bond motifs is 1. The number of hydrogen-bond acceptors (Lipinski definition) is 7. The summed E-state index contributed by atoms with van der Waals surface area (Å²) < 4.78 is 36.4. The number of aryl methyl sites for hydroxylation is 1. The lowest BCUT2D eigenvalue weighted by molar-refractivity contribution is -0.750. The second-order valence-electron chi connectivity index (χ2n) is 10.1. The number of allylic oxidation sites excluding steroid dienone is 2. The molecule has 1 fully saturated rings. The Kier molecular flexibility index (Phi) is 6.52. The highest BCUT2D eigenvalue weighted by atomic mass is 32.2. The molecular weight excluding hydrogens is 512 g/mol. The molecular formula is C30H29N4O4S+. The zero-order valence-electron chi connectivity index (χ0n) is 21.5. The van der Waals surface area contributed by atoms with Gasteiger partial charge >= 0.3 is 0 Å². The summed E-state index contributed by atoms with van der Waals surface area (Å²) in [6.45, 7) is 2.06. The van der Waals surface area contributed by atoms with Gasteiger partial charge in [-0.05, 0) is 74.2 Å². The molecule has 0 spiro atoms. The van der Waals surface area contributed by atoms with Crippen LogP contribution in [0.5, 0.6) is 11.5 Å². The number of benzene rings is 3. The summed E-state index contributed by atoms with van der Waals surface area (Å²) in [4.78, 5) is 9.50. The summed E-state index contributed by atoms with van der Waals surface area (Å²) in [6, 6.07) is 24.0. The Hall–Kier alpha value is -3.89. The SMILES string of the molecule is Cc1ccc(S(=O)(=O)OCC2CC(C3=C4C=NC=C[N+]4(N)C(c4ccc(Oc5ccccc5)cc4)=N3)C2)cc1. The van der Waals surface area contributed by atoms with Crippen LogP contribution in [0.25, 0.3) is 0 Å². The Morgan fingerprint density at radius 1 is 0.949 bits per heavy atom. The van der Waals surface area contributed by atoms with Crippen LogP contribution in [0.2, 0.25) is 0 Å². The van der Waals surface area contributed by atoms with Crippen molar-refractivity contribution in [1.29, 1.82) is 0 Å². The monoisotopic (exact) mass is 541 g/mol. The van der Waals surface area contributed by atoms with E-state index in [0.717, 1.165) is 46.9 Å². The number of nitrogens with two attached hydrogens (primary N) is 1. The van der Waals surface area contributed by atoms with Gasteiger partial charge in [-0.2, -0.15) is 19.3 Å². The number of aliphatic imine (C=N–C) groups is 2. The minimum Gasteiger partial charge on any atom is -0.457 e. The van der Waals surface area contributed by atoms with Gasteiger partial charge in [0.05, 0.1) is 29.5 Å². The van der Waals surface area contributed by atoms with Crippen LogP contribution in [-0.4, -0.2) is 31.7 Å². The highest BCUT2D eigenvalue weighted by Crippen LogP contribution is 2.45.